The zero-order valence-electron chi connectivity index (χ0n) is 11.4. The number of hydrogen-bond donors (Lipinski definition) is 0. The first-order valence-electron chi connectivity index (χ1n) is 6.09. The Kier molecular flexibility index (Phi) is 6.86. The zero-order chi connectivity index (χ0) is 15.0. The normalized spacial score (nSPS) is 11.7. The van der Waals surface area contributed by atoms with Crippen molar-refractivity contribution in [2.45, 2.75) is 12.2 Å². The lowest BCUT2D eigenvalue weighted by molar-refractivity contribution is -0.479. The molecule has 0 heterocycles. The first kappa shape index (κ1) is 16.3. The molecule has 0 aliphatic rings. The number of nitrogens with zero attached hydrogens (tertiary/aromatic N) is 1. The minimum absolute atomic E-state index is 0.0869. The van der Waals surface area contributed by atoms with Crippen molar-refractivity contribution in [1.29, 1.82) is 0 Å². The maximum Gasteiger partial charge on any atom is 0.315 e. The second-order valence-corrected chi connectivity index (χ2v) is 5.09. The average Bonchev–Trinajstić information content (AvgIpc) is 2.43. The Morgan fingerprint density at radius 2 is 2.25 bits per heavy atom. The third-order valence-electron chi connectivity index (χ3n) is 2.49. The van der Waals surface area contributed by atoms with Gasteiger partial charge in [0.2, 0.25) is 6.54 Å². The number of carbonyl (C=O) groups excluding carboxylic acids is 1. The number of nitro groups is 1. The van der Waals surface area contributed by atoms with Gasteiger partial charge in [-0.1, -0.05) is 12.1 Å². The Morgan fingerprint density at radius 3 is 2.85 bits per heavy atom. The molecule has 1 unspecified atom stereocenters. The molecule has 1 rings (SSSR count). The first-order valence-corrected chi connectivity index (χ1v) is 7.14. The lowest BCUT2D eigenvalue weighted by atomic mass is 10.1. The first-order chi connectivity index (χ1) is 9.56. The fourth-order valence-corrected chi connectivity index (χ4v) is 2.59. The topological polar surface area (TPSA) is 78.7 Å². The Hall–Kier alpha value is -1.76. The van der Waals surface area contributed by atoms with Crippen LogP contribution in [0, 0.1) is 10.1 Å². The van der Waals surface area contributed by atoms with Crippen LogP contribution in [0.2, 0.25) is 0 Å². The molecule has 110 valence electrons. The predicted octanol–water partition coefficient (Wildman–Crippen LogP) is 2.31. The zero-order valence-corrected chi connectivity index (χ0v) is 12.2. The lowest BCUT2D eigenvalue weighted by Crippen LogP contribution is -2.14. The van der Waals surface area contributed by atoms with E-state index in [1.54, 1.807) is 31.2 Å². The quantitative estimate of drug-likeness (QED) is 0.416. The number of methoxy groups -OCH3 is 1. The number of esters is 1. The summed E-state index contributed by atoms with van der Waals surface area (Å²) in [5, 5.41) is 10.3. The van der Waals surface area contributed by atoms with E-state index in [0.29, 0.717) is 12.4 Å². The maximum absolute atomic E-state index is 11.4. The molecule has 1 atom stereocenters. The van der Waals surface area contributed by atoms with Crippen LogP contribution in [-0.2, 0) is 9.53 Å². The van der Waals surface area contributed by atoms with Crippen molar-refractivity contribution in [3.8, 4) is 5.75 Å². The molecule has 0 saturated heterocycles. The molecule has 0 fully saturated rings. The van der Waals surface area contributed by atoms with Crippen LogP contribution in [0.4, 0.5) is 0 Å². The van der Waals surface area contributed by atoms with Gasteiger partial charge in [-0.3, -0.25) is 14.9 Å². The summed E-state index contributed by atoms with van der Waals surface area (Å²) in [7, 11) is 1.54. The van der Waals surface area contributed by atoms with E-state index in [4.69, 9.17) is 9.47 Å². The van der Waals surface area contributed by atoms with E-state index in [1.165, 1.54) is 18.9 Å². The number of ether oxygens (including phenoxy) is 2. The molecule has 0 aliphatic heterocycles. The molecule has 0 spiro atoms. The Bertz CT molecular complexity index is 466. The maximum atomic E-state index is 11.4. The number of hydrogen-bond acceptors (Lipinski definition) is 6. The number of benzene rings is 1. The van der Waals surface area contributed by atoms with Crippen LogP contribution in [0.25, 0.3) is 0 Å². The molecule has 0 aliphatic carbocycles. The number of rotatable bonds is 8. The smallest absolute Gasteiger partial charge is 0.315 e. The van der Waals surface area contributed by atoms with Gasteiger partial charge in [-0.15, -0.1) is 11.8 Å². The van der Waals surface area contributed by atoms with Crippen molar-refractivity contribution < 1.29 is 19.2 Å². The molecule has 0 N–H and O–H groups in total. The molecular formula is C13H17NO5S. The van der Waals surface area contributed by atoms with Crippen LogP contribution in [0.5, 0.6) is 5.75 Å². The summed E-state index contributed by atoms with van der Waals surface area (Å²) < 4.78 is 9.93. The van der Waals surface area contributed by atoms with E-state index in [2.05, 4.69) is 0 Å². The Labute approximate surface area is 121 Å². The summed E-state index contributed by atoms with van der Waals surface area (Å²) in [5.41, 5.74) is 0.760. The van der Waals surface area contributed by atoms with Gasteiger partial charge >= 0.3 is 5.97 Å². The molecule has 20 heavy (non-hydrogen) atoms. The molecule has 1 aromatic rings. The van der Waals surface area contributed by atoms with Crippen LogP contribution in [0.15, 0.2) is 24.3 Å². The van der Waals surface area contributed by atoms with E-state index in [-0.39, 0.29) is 23.2 Å². The van der Waals surface area contributed by atoms with Crippen LogP contribution in [-0.4, -0.2) is 36.9 Å². The van der Waals surface area contributed by atoms with Gasteiger partial charge in [0, 0.05) is 4.92 Å². The second kappa shape index (κ2) is 8.42. The second-order valence-electron chi connectivity index (χ2n) is 3.90. The van der Waals surface area contributed by atoms with Gasteiger partial charge in [0.1, 0.15) is 5.75 Å². The molecule has 0 amide bonds. The van der Waals surface area contributed by atoms with Crippen LogP contribution in [0.3, 0.4) is 0 Å². The summed E-state index contributed by atoms with van der Waals surface area (Å²) in [5.74, 6) is 0.352. The van der Waals surface area contributed by atoms with Crippen LogP contribution < -0.4 is 4.74 Å². The number of thioether (sulfide) groups is 1. The highest BCUT2D eigenvalue weighted by molar-refractivity contribution is 8.00. The molecule has 0 saturated carbocycles. The van der Waals surface area contributed by atoms with Crippen LogP contribution >= 0.6 is 11.8 Å². The highest BCUT2D eigenvalue weighted by Crippen LogP contribution is 2.31. The third kappa shape index (κ3) is 5.48. The summed E-state index contributed by atoms with van der Waals surface area (Å²) in [6.45, 7) is 1.77. The Morgan fingerprint density at radius 1 is 1.50 bits per heavy atom. The lowest BCUT2D eigenvalue weighted by Gasteiger charge is -2.13. The van der Waals surface area contributed by atoms with Gasteiger partial charge in [-0.05, 0) is 24.6 Å². The van der Waals surface area contributed by atoms with Crippen molar-refractivity contribution in [2.24, 2.45) is 0 Å². The molecule has 6 nitrogen and oxygen atoms in total. The molecule has 0 aromatic heterocycles. The third-order valence-corrected chi connectivity index (χ3v) is 3.71. The SMILES string of the molecule is CCOC(=O)CSC(C[N+](=O)[O-])c1cccc(OC)c1. The average molecular weight is 299 g/mol. The van der Waals surface area contributed by atoms with E-state index >= 15 is 0 Å². The highest BCUT2D eigenvalue weighted by Gasteiger charge is 2.20. The van der Waals surface area contributed by atoms with E-state index in [9.17, 15) is 14.9 Å². The molecule has 7 heteroatoms. The summed E-state index contributed by atoms with van der Waals surface area (Å²) in [6.07, 6.45) is 0. The van der Waals surface area contributed by atoms with Gasteiger partial charge in [0.05, 0.1) is 24.7 Å². The Balaban J connectivity index is 2.77. The van der Waals surface area contributed by atoms with Gasteiger partial charge in [0.15, 0.2) is 0 Å². The highest BCUT2D eigenvalue weighted by atomic mass is 32.2. The standard InChI is InChI=1S/C13H17NO5S/c1-3-19-13(15)9-20-12(8-14(16)17)10-5-4-6-11(7-10)18-2/h4-7,12H,3,8-9H2,1-2H3. The molecule has 0 radical (unpaired) electrons. The minimum Gasteiger partial charge on any atom is -0.497 e. The van der Waals surface area contributed by atoms with Gasteiger partial charge in [-0.25, -0.2) is 0 Å². The van der Waals surface area contributed by atoms with Crippen molar-refractivity contribution in [1.82, 2.24) is 0 Å². The number of carbonyl (C=O) groups is 1. The molecular weight excluding hydrogens is 282 g/mol. The van der Waals surface area contributed by atoms with E-state index in [1.807, 2.05) is 0 Å². The van der Waals surface area contributed by atoms with Gasteiger partial charge in [0.25, 0.3) is 0 Å². The van der Waals surface area contributed by atoms with Crippen molar-refractivity contribution >= 4 is 17.7 Å². The van der Waals surface area contributed by atoms with Crippen molar-refractivity contribution in [3.63, 3.8) is 0 Å². The largest absolute Gasteiger partial charge is 0.497 e. The predicted molar refractivity (Wildman–Crippen MR) is 76.7 cm³/mol. The van der Waals surface area contributed by atoms with Gasteiger partial charge < -0.3 is 9.47 Å². The summed E-state index contributed by atoms with van der Waals surface area (Å²) in [4.78, 5) is 21.7. The van der Waals surface area contributed by atoms with Crippen molar-refractivity contribution in [3.05, 3.63) is 39.9 Å². The fraction of sp³-hybridized carbons (Fsp3) is 0.462. The minimum atomic E-state index is -0.412. The monoisotopic (exact) mass is 299 g/mol. The van der Waals surface area contributed by atoms with Crippen molar-refractivity contribution in [2.75, 3.05) is 26.0 Å². The van der Waals surface area contributed by atoms with Crippen LogP contribution in [0.1, 0.15) is 17.7 Å². The van der Waals surface area contributed by atoms with Gasteiger partial charge in [-0.2, -0.15) is 0 Å². The summed E-state index contributed by atoms with van der Waals surface area (Å²) in [6, 6.07) is 7.07. The molecule has 0 bridgehead atoms. The van der Waals surface area contributed by atoms with E-state index < -0.39 is 5.25 Å². The fourth-order valence-electron chi connectivity index (χ4n) is 1.60. The van der Waals surface area contributed by atoms with E-state index in [0.717, 1.165) is 5.56 Å². The summed E-state index contributed by atoms with van der Waals surface area (Å²) >= 11 is 1.20. The molecule has 1 aromatic carbocycles.